The molecule has 0 spiro atoms. The molecule has 0 saturated heterocycles. The molecule has 1 atom stereocenters. The van der Waals surface area contributed by atoms with Crippen LogP contribution in [0.3, 0.4) is 0 Å². The van der Waals surface area contributed by atoms with Gasteiger partial charge >= 0.3 is 0 Å². The fraction of sp³-hybridized carbons (Fsp3) is 0.235. The van der Waals surface area contributed by atoms with E-state index in [0.717, 1.165) is 11.1 Å². The van der Waals surface area contributed by atoms with Crippen LogP contribution in [0.5, 0.6) is 5.75 Å². The van der Waals surface area contributed by atoms with Gasteiger partial charge in [0.2, 0.25) is 0 Å². The molecular weight excluding hydrogens is 308 g/mol. The number of hydrogen-bond donors (Lipinski definition) is 5. The highest BCUT2D eigenvalue weighted by molar-refractivity contribution is 5.79. The predicted octanol–water partition coefficient (Wildman–Crippen LogP) is 0.351. The van der Waals surface area contributed by atoms with Gasteiger partial charge in [0.1, 0.15) is 12.4 Å². The number of guanidine groups is 1. The van der Waals surface area contributed by atoms with Gasteiger partial charge < -0.3 is 32.2 Å². The second-order valence-electron chi connectivity index (χ2n) is 5.42. The number of benzene rings is 2. The summed E-state index contributed by atoms with van der Waals surface area (Å²) in [5.41, 5.74) is 18.8. The first-order valence-corrected chi connectivity index (χ1v) is 7.46. The molecule has 0 aliphatic heterocycles. The van der Waals surface area contributed by atoms with Crippen LogP contribution in [-0.2, 0) is 13.0 Å². The Labute approximate surface area is 140 Å². The Hall–Kier alpha value is -2.61. The number of aliphatic hydroxyl groups excluding tert-OH is 1. The second-order valence-corrected chi connectivity index (χ2v) is 5.42. The molecule has 2 rings (SSSR count). The molecule has 0 amide bonds. The van der Waals surface area contributed by atoms with Crippen molar-refractivity contribution in [3.05, 3.63) is 59.7 Å². The second kappa shape index (κ2) is 8.30. The van der Waals surface area contributed by atoms with Crippen LogP contribution in [0.15, 0.2) is 53.5 Å². The van der Waals surface area contributed by atoms with Crippen LogP contribution in [0, 0.1) is 0 Å². The first-order chi connectivity index (χ1) is 11.4. The highest BCUT2D eigenvalue weighted by Crippen LogP contribution is 2.18. The summed E-state index contributed by atoms with van der Waals surface area (Å²) >= 11 is 0. The SMILES string of the molecule is NC(N)=Nc1cccc(COc2ccc(CC(N)C(O)O)cc2)c1. The number of aliphatic imine (C=N–C) groups is 1. The Balaban J connectivity index is 1.94. The molecule has 2 aromatic carbocycles. The van der Waals surface area contributed by atoms with E-state index in [9.17, 15) is 0 Å². The third-order valence-electron chi connectivity index (χ3n) is 3.35. The minimum Gasteiger partial charge on any atom is -0.489 e. The molecule has 0 saturated carbocycles. The van der Waals surface area contributed by atoms with E-state index in [-0.39, 0.29) is 5.96 Å². The van der Waals surface area contributed by atoms with Crippen molar-refractivity contribution in [3.63, 3.8) is 0 Å². The molecule has 24 heavy (non-hydrogen) atoms. The van der Waals surface area contributed by atoms with Crippen molar-refractivity contribution in [2.75, 3.05) is 0 Å². The van der Waals surface area contributed by atoms with Crippen LogP contribution in [-0.4, -0.2) is 28.5 Å². The minimum absolute atomic E-state index is 0.00913. The average molecular weight is 330 g/mol. The lowest BCUT2D eigenvalue weighted by molar-refractivity contribution is -0.0577. The predicted molar refractivity (Wildman–Crippen MR) is 92.6 cm³/mol. The minimum atomic E-state index is -1.53. The van der Waals surface area contributed by atoms with Gasteiger partial charge in [-0.3, -0.25) is 0 Å². The summed E-state index contributed by atoms with van der Waals surface area (Å²) in [6.07, 6.45) is -1.16. The van der Waals surface area contributed by atoms with Crippen molar-refractivity contribution in [1.29, 1.82) is 0 Å². The molecule has 0 heterocycles. The molecule has 0 fully saturated rings. The average Bonchev–Trinajstić information content (AvgIpc) is 2.54. The first-order valence-electron chi connectivity index (χ1n) is 7.46. The van der Waals surface area contributed by atoms with E-state index in [2.05, 4.69) is 4.99 Å². The Kier molecular flexibility index (Phi) is 6.14. The number of nitrogens with zero attached hydrogens (tertiary/aromatic N) is 1. The van der Waals surface area contributed by atoms with Crippen molar-refractivity contribution in [2.24, 2.45) is 22.2 Å². The van der Waals surface area contributed by atoms with Crippen molar-refractivity contribution in [3.8, 4) is 5.75 Å². The normalized spacial score (nSPS) is 12.0. The van der Waals surface area contributed by atoms with E-state index in [1.165, 1.54) is 0 Å². The molecule has 0 aliphatic rings. The molecule has 0 radical (unpaired) electrons. The third kappa shape index (κ3) is 5.54. The van der Waals surface area contributed by atoms with E-state index in [1.54, 1.807) is 6.07 Å². The highest BCUT2D eigenvalue weighted by atomic mass is 16.5. The molecule has 128 valence electrons. The van der Waals surface area contributed by atoms with E-state index in [4.69, 9.17) is 32.2 Å². The van der Waals surface area contributed by atoms with E-state index in [1.807, 2.05) is 42.5 Å². The summed E-state index contributed by atoms with van der Waals surface area (Å²) in [6.45, 7) is 0.377. The lowest BCUT2D eigenvalue weighted by atomic mass is 10.1. The van der Waals surface area contributed by atoms with Crippen LogP contribution in [0.25, 0.3) is 0 Å². The Morgan fingerprint density at radius 3 is 2.38 bits per heavy atom. The van der Waals surface area contributed by atoms with Crippen molar-refractivity contribution in [2.45, 2.75) is 25.4 Å². The number of ether oxygens (including phenoxy) is 1. The van der Waals surface area contributed by atoms with E-state index in [0.29, 0.717) is 24.5 Å². The largest absolute Gasteiger partial charge is 0.489 e. The molecular formula is C17H22N4O3. The first kappa shape index (κ1) is 17.7. The zero-order chi connectivity index (χ0) is 17.5. The number of hydrogen-bond acceptors (Lipinski definition) is 5. The summed E-state index contributed by atoms with van der Waals surface area (Å²) in [5, 5.41) is 18.0. The Morgan fingerprint density at radius 1 is 1.04 bits per heavy atom. The van der Waals surface area contributed by atoms with Crippen LogP contribution >= 0.6 is 0 Å². The Morgan fingerprint density at radius 2 is 1.75 bits per heavy atom. The fourth-order valence-electron chi connectivity index (χ4n) is 2.13. The zero-order valence-electron chi connectivity index (χ0n) is 13.2. The lowest BCUT2D eigenvalue weighted by Gasteiger charge is -2.14. The lowest BCUT2D eigenvalue weighted by Crippen LogP contribution is -2.36. The van der Waals surface area contributed by atoms with Gasteiger partial charge in [-0.05, 0) is 41.8 Å². The molecule has 1 unspecified atom stereocenters. The molecule has 7 nitrogen and oxygen atoms in total. The summed E-state index contributed by atoms with van der Waals surface area (Å²) < 4.78 is 5.72. The number of aliphatic hydroxyl groups is 2. The van der Waals surface area contributed by atoms with Crippen LogP contribution < -0.4 is 21.9 Å². The molecule has 2 aromatic rings. The van der Waals surface area contributed by atoms with Crippen LogP contribution in [0.1, 0.15) is 11.1 Å². The number of nitrogens with two attached hydrogens (primary N) is 3. The van der Waals surface area contributed by atoms with Gasteiger partial charge in [-0.25, -0.2) is 4.99 Å². The maximum Gasteiger partial charge on any atom is 0.191 e. The number of rotatable bonds is 7. The fourth-order valence-corrected chi connectivity index (χ4v) is 2.13. The summed E-state index contributed by atoms with van der Waals surface area (Å²) in [7, 11) is 0. The molecule has 8 N–H and O–H groups in total. The molecule has 0 bridgehead atoms. The standard InChI is InChI=1S/C17H22N4O3/c18-15(16(22)23)9-11-4-6-14(7-5-11)24-10-12-2-1-3-13(8-12)21-17(19)20/h1-8,15-16,22-23H,9-10,18H2,(H4,19,20,21). The van der Waals surface area contributed by atoms with Gasteiger partial charge in [-0.1, -0.05) is 24.3 Å². The summed E-state index contributed by atoms with van der Waals surface area (Å²) in [4.78, 5) is 3.99. The van der Waals surface area contributed by atoms with Crippen molar-refractivity contribution in [1.82, 2.24) is 0 Å². The van der Waals surface area contributed by atoms with Gasteiger partial charge in [0, 0.05) is 0 Å². The monoisotopic (exact) mass is 330 g/mol. The van der Waals surface area contributed by atoms with Gasteiger partial charge in [0.25, 0.3) is 0 Å². The van der Waals surface area contributed by atoms with Gasteiger partial charge in [-0.2, -0.15) is 0 Å². The van der Waals surface area contributed by atoms with Gasteiger partial charge in [0.15, 0.2) is 12.2 Å². The Bertz CT molecular complexity index is 682. The topological polar surface area (TPSA) is 140 Å². The maximum absolute atomic E-state index is 9.01. The van der Waals surface area contributed by atoms with E-state index < -0.39 is 12.3 Å². The van der Waals surface area contributed by atoms with Crippen molar-refractivity contribution < 1.29 is 14.9 Å². The molecule has 7 heteroatoms. The molecule has 0 aliphatic carbocycles. The smallest absolute Gasteiger partial charge is 0.191 e. The quantitative estimate of drug-likeness (QED) is 0.282. The molecule has 0 aromatic heterocycles. The van der Waals surface area contributed by atoms with Gasteiger partial charge in [-0.15, -0.1) is 0 Å². The van der Waals surface area contributed by atoms with Crippen LogP contribution in [0.2, 0.25) is 0 Å². The van der Waals surface area contributed by atoms with Crippen LogP contribution in [0.4, 0.5) is 5.69 Å². The zero-order valence-corrected chi connectivity index (χ0v) is 13.2. The summed E-state index contributed by atoms with van der Waals surface area (Å²) in [5.74, 6) is 0.707. The van der Waals surface area contributed by atoms with Gasteiger partial charge in [0.05, 0.1) is 11.7 Å². The third-order valence-corrected chi connectivity index (χ3v) is 3.35. The van der Waals surface area contributed by atoms with Crippen molar-refractivity contribution >= 4 is 11.6 Å². The summed E-state index contributed by atoms with van der Waals surface area (Å²) in [6, 6.07) is 14.0. The highest BCUT2D eigenvalue weighted by Gasteiger charge is 2.11. The van der Waals surface area contributed by atoms with E-state index >= 15 is 0 Å². The maximum atomic E-state index is 9.01.